The lowest BCUT2D eigenvalue weighted by molar-refractivity contribution is 0.214. The molecule has 3 heteroatoms. The third kappa shape index (κ3) is 2.55. The highest BCUT2D eigenvalue weighted by Crippen LogP contribution is 2.16. The van der Waals surface area contributed by atoms with Crippen LogP contribution in [-0.4, -0.2) is 39.2 Å². The second kappa shape index (κ2) is 4.78. The molecular formula is C10H17NOS. The van der Waals surface area contributed by atoms with E-state index in [1.165, 1.54) is 0 Å². The monoisotopic (exact) mass is 199 g/mol. The second-order valence-electron chi connectivity index (χ2n) is 3.52. The third-order valence-electron chi connectivity index (χ3n) is 2.79. The topological polar surface area (TPSA) is 20.3 Å². The van der Waals surface area contributed by atoms with Crippen LogP contribution in [0.5, 0.6) is 0 Å². The van der Waals surface area contributed by atoms with Gasteiger partial charge in [0.15, 0.2) is 0 Å². The molecule has 1 aliphatic heterocycles. The summed E-state index contributed by atoms with van der Waals surface area (Å²) < 4.78 is 11.5. The quantitative estimate of drug-likeness (QED) is 0.615. The van der Waals surface area contributed by atoms with Crippen molar-refractivity contribution in [3.63, 3.8) is 0 Å². The molecule has 3 atom stereocenters. The molecule has 74 valence electrons. The van der Waals surface area contributed by atoms with Crippen molar-refractivity contribution in [2.24, 2.45) is 0 Å². The van der Waals surface area contributed by atoms with Gasteiger partial charge in [-0.25, -0.2) is 0 Å². The molecule has 2 nitrogen and oxygen atoms in total. The molecule has 1 saturated heterocycles. The van der Waals surface area contributed by atoms with Crippen molar-refractivity contribution in [3.05, 3.63) is 0 Å². The van der Waals surface area contributed by atoms with E-state index in [4.69, 9.17) is 6.42 Å². The number of terminal acetylenes is 1. The summed E-state index contributed by atoms with van der Waals surface area (Å²) in [5.41, 5.74) is 0. The molecule has 1 heterocycles. The first-order chi connectivity index (χ1) is 6.16. The van der Waals surface area contributed by atoms with Crippen molar-refractivity contribution in [2.45, 2.75) is 31.6 Å². The number of rotatable bonds is 2. The highest BCUT2D eigenvalue weighted by Gasteiger charge is 2.29. The van der Waals surface area contributed by atoms with Crippen LogP contribution < -0.4 is 0 Å². The van der Waals surface area contributed by atoms with E-state index in [-0.39, 0.29) is 5.25 Å². The maximum Gasteiger partial charge on any atom is 0.0473 e. The summed E-state index contributed by atoms with van der Waals surface area (Å²) in [6.45, 7) is 6.07. The molecule has 0 radical (unpaired) electrons. The van der Waals surface area contributed by atoms with E-state index in [1.54, 1.807) is 0 Å². The lowest BCUT2D eigenvalue weighted by atomic mass is 10.2. The van der Waals surface area contributed by atoms with Gasteiger partial charge in [0.1, 0.15) is 0 Å². The third-order valence-corrected chi connectivity index (χ3v) is 4.60. The highest BCUT2D eigenvalue weighted by molar-refractivity contribution is 7.85. The van der Waals surface area contributed by atoms with E-state index in [1.807, 2.05) is 0 Å². The Kier molecular flexibility index (Phi) is 3.95. The van der Waals surface area contributed by atoms with E-state index >= 15 is 0 Å². The summed E-state index contributed by atoms with van der Waals surface area (Å²) in [5, 5.41) is 0.284. The molecule has 0 bridgehead atoms. The molecule has 0 aromatic rings. The van der Waals surface area contributed by atoms with Crippen LogP contribution in [0.4, 0.5) is 0 Å². The SMILES string of the molecule is C#CCCN1CCS(=O)C(C)C1C. The zero-order valence-electron chi connectivity index (χ0n) is 8.32. The number of nitrogens with zero attached hydrogens (tertiary/aromatic N) is 1. The lowest BCUT2D eigenvalue weighted by Gasteiger charge is -2.36. The molecule has 0 saturated carbocycles. The van der Waals surface area contributed by atoms with Crippen LogP contribution in [0.2, 0.25) is 0 Å². The molecule has 0 aliphatic carbocycles. The van der Waals surface area contributed by atoms with Crippen molar-refractivity contribution < 1.29 is 4.21 Å². The minimum atomic E-state index is -0.635. The van der Waals surface area contributed by atoms with E-state index < -0.39 is 10.8 Å². The molecule has 0 amide bonds. The summed E-state index contributed by atoms with van der Waals surface area (Å²) >= 11 is 0. The minimum absolute atomic E-state index is 0.284. The zero-order valence-corrected chi connectivity index (χ0v) is 9.14. The predicted molar refractivity (Wildman–Crippen MR) is 57.0 cm³/mol. The molecular weight excluding hydrogens is 182 g/mol. The van der Waals surface area contributed by atoms with Crippen molar-refractivity contribution in [2.75, 3.05) is 18.8 Å². The molecule has 1 aliphatic rings. The van der Waals surface area contributed by atoms with Gasteiger partial charge in [-0.1, -0.05) is 0 Å². The first-order valence-electron chi connectivity index (χ1n) is 4.71. The van der Waals surface area contributed by atoms with Crippen molar-refractivity contribution in [3.8, 4) is 12.3 Å². The molecule has 0 N–H and O–H groups in total. The smallest absolute Gasteiger partial charge is 0.0473 e. The Hall–Kier alpha value is -0.330. The first kappa shape index (κ1) is 10.7. The minimum Gasteiger partial charge on any atom is -0.298 e. The Balaban J connectivity index is 2.49. The Labute approximate surface area is 83.2 Å². The van der Waals surface area contributed by atoms with Crippen LogP contribution in [0, 0.1) is 12.3 Å². The van der Waals surface area contributed by atoms with Gasteiger partial charge >= 0.3 is 0 Å². The predicted octanol–water partition coefficient (Wildman–Crippen LogP) is 0.851. The van der Waals surface area contributed by atoms with Gasteiger partial charge in [-0.3, -0.25) is 9.11 Å². The average Bonchev–Trinajstić information content (AvgIpc) is 2.13. The van der Waals surface area contributed by atoms with E-state index in [2.05, 4.69) is 24.7 Å². The van der Waals surface area contributed by atoms with E-state index in [9.17, 15) is 4.21 Å². The van der Waals surface area contributed by atoms with Crippen LogP contribution in [-0.2, 0) is 10.8 Å². The van der Waals surface area contributed by atoms with Crippen LogP contribution in [0.1, 0.15) is 20.3 Å². The van der Waals surface area contributed by atoms with Gasteiger partial charge in [0.25, 0.3) is 0 Å². The second-order valence-corrected chi connectivity index (χ2v) is 5.43. The van der Waals surface area contributed by atoms with Crippen molar-refractivity contribution >= 4 is 10.8 Å². The zero-order chi connectivity index (χ0) is 9.84. The van der Waals surface area contributed by atoms with Crippen LogP contribution in [0.3, 0.4) is 0 Å². The van der Waals surface area contributed by atoms with Gasteiger partial charge < -0.3 is 0 Å². The van der Waals surface area contributed by atoms with Crippen molar-refractivity contribution in [1.82, 2.24) is 4.90 Å². The molecule has 13 heavy (non-hydrogen) atoms. The van der Waals surface area contributed by atoms with Crippen LogP contribution >= 0.6 is 0 Å². The summed E-state index contributed by atoms with van der Waals surface area (Å²) in [6, 6.07) is 0.405. The summed E-state index contributed by atoms with van der Waals surface area (Å²) in [6.07, 6.45) is 6.01. The van der Waals surface area contributed by atoms with Gasteiger partial charge in [0, 0.05) is 47.4 Å². The standard InChI is InChI=1S/C10H17NOS/c1-4-5-6-11-7-8-13(12)10(3)9(11)2/h1,9-10H,5-8H2,2-3H3. The molecule has 0 spiro atoms. The summed E-state index contributed by atoms with van der Waals surface area (Å²) in [7, 11) is -0.635. The largest absolute Gasteiger partial charge is 0.298 e. The number of hydrogen-bond donors (Lipinski definition) is 0. The van der Waals surface area contributed by atoms with E-state index in [0.717, 1.165) is 25.3 Å². The molecule has 1 fully saturated rings. The Morgan fingerprint density at radius 1 is 1.62 bits per heavy atom. The highest BCUT2D eigenvalue weighted by atomic mass is 32.2. The summed E-state index contributed by atoms with van der Waals surface area (Å²) in [5.74, 6) is 3.45. The Bertz CT molecular complexity index is 234. The summed E-state index contributed by atoms with van der Waals surface area (Å²) in [4.78, 5) is 2.34. The first-order valence-corrected chi connectivity index (χ1v) is 6.09. The Morgan fingerprint density at radius 2 is 2.31 bits per heavy atom. The fourth-order valence-electron chi connectivity index (χ4n) is 1.64. The molecule has 1 rings (SSSR count). The van der Waals surface area contributed by atoms with Gasteiger partial charge in [0.05, 0.1) is 0 Å². The lowest BCUT2D eigenvalue weighted by Crippen LogP contribution is -2.49. The molecule has 0 aromatic heterocycles. The van der Waals surface area contributed by atoms with Crippen LogP contribution in [0.25, 0.3) is 0 Å². The Morgan fingerprint density at radius 3 is 2.92 bits per heavy atom. The maximum absolute atomic E-state index is 11.5. The number of hydrogen-bond acceptors (Lipinski definition) is 2. The van der Waals surface area contributed by atoms with Crippen molar-refractivity contribution in [1.29, 1.82) is 0 Å². The maximum atomic E-state index is 11.5. The molecule has 3 unspecified atom stereocenters. The van der Waals surface area contributed by atoms with Gasteiger partial charge in [-0.2, -0.15) is 0 Å². The van der Waals surface area contributed by atoms with Gasteiger partial charge in [-0.15, -0.1) is 12.3 Å². The fraction of sp³-hybridized carbons (Fsp3) is 0.800. The normalized spacial score (nSPS) is 35.6. The molecule has 0 aromatic carbocycles. The fourth-order valence-corrected chi connectivity index (χ4v) is 3.03. The van der Waals surface area contributed by atoms with Crippen LogP contribution in [0.15, 0.2) is 0 Å². The van der Waals surface area contributed by atoms with Gasteiger partial charge in [-0.05, 0) is 13.8 Å². The average molecular weight is 199 g/mol. The van der Waals surface area contributed by atoms with E-state index in [0.29, 0.717) is 6.04 Å². The van der Waals surface area contributed by atoms with Gasteiger partial charge in [0.2, 0.25) is 0 Å².